The Hall–Kier alpha value is -2.96. The summed E-state index contributed by atoms with van der Waals surface area (Å²) in [6.45, 7) is 2.69. The Morgan fingerprint density at radius 3 is 2.68 bits per heavy atom. The average molecular weight is 383 g/mol. The van der Waals surface area contributed by atoms with Crippen LogP contribution in [-0.2, 0) is 6.42 Å². The number of anilines is 1. The lowest BCUT2D eigenvalue weighted by Gasteiger charge is -2.21. The van der Waals surface area contributed by atoms with Gasteiger partial charge in [0.05, 0.1) is 14.2 Å². The average Bonchev–Trinajstić information content (AvgIpc) is 3.22. The van der Waals surface area contributed by atoms with Gasteiger partial charge in [-0.2, -0.15) is 0 Å². The molecule has 1 fully saturated rings. The maximum atomic E-state index is 5.39. The van der Waals surface area contributed by atoms with Gasteiger partial charge >= 0.3 is 0 Å². The van der Waals surface area contributed by atoms with E-state index < -0.39 is 0 Å². The largest absolute Gasteiger partial charge is 0.497 e. The zero-order valence-electron chi connectivity index (χ0n) is 16.8. The molecular formula is C21H29N5O2. The van der Waals surface area contributed by atoms with Crippen molar-refractivity contribution >= 4 is 11.6 Å². The van der Waals surface area contributed by atoms with Gasteiger partial charge in [-0.1, -0.05) is 6.07 Å². The number of methoxy groups -OCH3 is 2. The molecule has 2 N–H and O–H groups in total. The van der Waals surface area contributed by atoms with Gasteiger partial charge in [0, 0.05) is 69.0 Å². The van der Waals surface area contributed by atoms with Crippen molar-refractivity contribution in [1.29, 1.82) is 0 Å². The van der Waals surface area contributed by atoms with Crippen LogP contribution in [0, 0.1) is 0 Å². The van der Waals surface area contributed by atoms with Crippen LogP contribution in [0.1, 0.15) is 12.0 Å². The molecule has 28 heavy (non-hydrogen) atoms. The smallest absolute Gasteiger partial charge is 0.191 e. The first-order valence-corrected chi connectivity index (χ1v) is 9.56. The third kappa shape index (κ3) is 5.28. The zero-order valence-corrected chi connectivity index (χ0v) is 16.8. The maximum Gasteiger partial charge on any atom is 0.191 e. The van der Waals surface area contributed by atoms with Gasteiger partial charge in [-0.3, -0.25) is 9.98 Å². The number of pyridine rings is 1. The Morgan fingerprint density at radius 1 is 1.25 bits per heavy atom. The number of nitrogens with one attached hydrogen (secondary N) is 2. The summed E-state index contributed by atoms with van der Waals surface area (Å²) in [7, 11) is 5.15. The molecule has 2 aromatic rings. The molecular weight excluding hydrogens is 354 g/mol. The zero-order chi connectivity index (χ0) is 19.8. The minimum absolute atomic E-state index is 0.335. The van der Waals surface area contributed by atoms with Crippen molar-refractivity contribution in [2.24, 2.45) is 4.99 Å². The Kier molecular flexibility index (Phi) is 6.94. The number of rotatable bonds is 7. The van der Waals surface area contributed by atoms with Gasteiger partial charge in [0.15, 0.2) is 5.96 Å². The van der Waals surface area contributed by atoms with Gasteiger partial charge in [0.25, 0.3) is 0 Å². The number of aromatic nitrogens is 1. The summed E-state index contributed by atoms with van der Waals surface area (Å²) >= 11 is 0. The van der Waals surface area contributed by atoms with E-state index in [0.717, 1.165) is 55.6 Å². The third-order valence-corrected chi connectivity index (χ3v) is 4.88. The van der Waals surface area contributed by atoms with Crippen LogP contribution in [0.5, 0.6) is 11.5 Å². The van der Waals surface area contributed by atoms with Crippen LogP contribution in [0.25, 0.3) is 0 Å². The quantitative estimate of drug-likeness (QED) is 0.564. The minimum atomic E-state index is 0.335. The Morgan fingerprint density at radius 2 is 2.04 bits per heavy atom. The first kappa shape index (κ1) is 19.8. The minimum Gasteiger partial charge on any atom is -0.497 e. The van der Waals surface area contributed by atoms with Crippen LogP contribution in [0.4, 0.5) is 5.69 Å². The molecule has 0 bridgehead atoms. The molecule has 1 aliphatic heterocycles. The van der Waals surface area contributed by atoms with Crippen molar-refractivity contribution in [3.05, 3.63) is 48.3 Å². The molecule has 3 rings (SSSR count). The molecule has 7 nitrogen and oxygen atoms in total. The third-order valence-electron chi connectivity index (χ3n) is 4.88. The number of nitrogens with zero attached hydrogens (tertiary/aromatic N) is 3. The molecule has 0 aliphatic carbocycles. The summed E-state index contributed by atoms with van der Waals surface area (Å²) in [6.07, 6.45) is 5.65. The summed E-state index contributed by atoms with van der Waals surface area (Å²) in [6, 6.07) is 10.4. The van der Waals surface area contributed by atoms with Crippen molar-refractivity contribution in [2.75, 3.05) is 45.8 Å². The molecule has 0 saturated carbocycles. The number of benzene rings is 1. The van der Waals surface area contributed by atoms with E-state index >= 15 is 0 Å². The van der Waals surface area contributed by atoms with Crippen LogP contribution in [-0.4, -0.2) is 57.9 Å². The normalized spacial score (nSPS) is 16.8. The molecule has 7 heteroatoms. The molecule has 150 valence electrons. The highest BCUT2D eigenvalue weighted by Crippen LogP contribution is 2.30. The molecule has 1 aliphatic rings. The van der Waals surface area contributed by atoms with E-state index in [9.17, 15) is 0 Å². The molecule has 1 saturated heterocycles. The molecule has 1 aromatic heterocycles. The van der Waals surface area contributed by atoms with Crippen LogP contribution >= 0.6 is 0 Å². The lowest BCUT2D eigenvalue weighted by molar-refractivity contribution is 0.394. The molecule has 1 aromatic carbocycles. The number of hydrogen-bond donors (Lipinski definition) is 2. The van der Waals surface area contributed by atoms with E-state index in [0.29, 0.717) is 6.04 Å². The van der Waals surface area contributed by atoms with Crippen molar-refractivity contribution in [2.45, 2.75) is 18.9 Å². The highest BCUT2D eigenvalue weighted by molar-refractivity contribution is 5.80. The topological polar surface area (TPSA) is 71.0 Å². The van der Waals surface area contributed by atoms with Gasteiger partial charge in [-0.05, 0) is 24.5 Å². The summed E-state index contributed by atoms with van der Waals surface area (Å²) in [5, 5.41) is 6.92. The summed E-state index contributed by atoms with van der Waals surface area (Å²) in [4.78, 5) is 10.8. The Balaban J connectivity index is 1.52. The van der Waals surface area contributed by atoms with Gasteiger partial charge in [-0.25, -0.2) is 0 Å². The van der Waals surface area contributed by atoms with Crippen LogP contribution in [0.3, 0.4) is 0 Å². The monoisotopic (exact) mass is 383 g/mol. The van der Waals surface area contributed by atoms with Crippen molar-refractivity contribution < 1.29 is 9.47 Å². The second kappa shape index (κ2) is 9.82. The van der Waals surface area contributed by atoms with Gasteiger partial charge in [-0.15, -0.1) is 0 Å². The first-order valence-electron chi connectivity index (χ1n) is 9.56. The number of hydrogen-bond acceptors (Lipinski definition) is 5. The molecule has 0 spiro atoms. The fraction of sp³-hybridized carbons (Fsp3) is 0.429. The fourth-order valence-electron chi connectivity index (χ4n) is 3.35. The van der Waals surface area contributed by atoms with Crippen LogP contribution in [0.15, 0.2) is 47.7 Å². The van der Waals surface area contributed by atoms with Crippen molar-refractivity contribution in [3.63, 3.8) is 0 Å². The number of ether oxygens (including phenoxy) is 2. The molecule has 1 unspecified atom stereocenters. The van der Waals surface area contributed by atoms with Gasteiger partial charge in [0.2, 0.25) is 0 Å². The van der Waals surface area contributed by atoms with E-state index in [-0.39, 0.29) is 0 Å². The molecule has 0 amide bonds. The first-order chi connectivity index (χ1) is 13.7. The lowest BCUT2D eigenvalue weighted by atomic mass is 10.2. The van der Waals surface area contributed by atoms with Gasteiger partial charge in [0.1, 0.15) is 11.5 Å². The van der Waals surface area contributed by atoms with Crippen LogP contribution < -0.4 is 25.0 Å². The van der Waals surface area contributed by atoms with E-state index in [2.05, 4.69) is 31.6 Å². The van der Waals surface area contributed by atoms with E-state index in [1.54, 1.807) is 27.5 Å². The maximum absolute atomic E-state index is 5.39. The predicted octanol–water partition coefficient (Wildman–Crippen LogP) is 2.09. The van der Waals surface area contributed by atoms with Crippen LogP contribution in [0.2, 0.25) is 0 Å². The highest BCUT2D eigenvalue weighted by Gasteiger charge is 2.24. The SMILES string of the molecule is CN=C(NCCc1cccnc1)NC1CCN(c2cc(OC)cc(OC)c2)C1. The van der Waals surface area contributed by atoms with E-state index in [1.165, 1.54) is 5.56 Å². The second-order valence-electron chi connectivity index (χ2n) is 6.76. The van der Waals surface area contributed by atoms with Crippen molar-refractivity contribution in [3.8, 4) is 11.5 Å². The summed E-state index contributed by atoms with van der Waals surface area (Å²) in [5.41, 5.74) is 2.32. The summed E-state index contributed by atoms with van der Waals surface area (Å²) < 4.78 is 10.8. The van der Waals surface area contributed by atoms with Crippen molar-refractivity contribution in [1.82, 2.24) is 15.6 Å². The Labute approximate surface area is 166 Å². The highest BCUT2D eigenvalue weighted by atomic mass is 16.5. The van der Waals surface area contributed by atoms with E-state index in [4.69, 9.17) is 9.47 Å². The molecule has 1 atom stereocenters. The Bertz CT molecular complexity index is 759. The lowest BCUT2D eigenvalue weighted by Crippen LogP contribution is -2.45. The molecule has 2 heterocycles. The van der Waals surface area contributed by atoms with E-state index in [1.807, 2.05) is 30.5 Å². The standard InChI is InChI=1S/C21H29N5O2/c1-22-21(24-9-6-16-5-4-8-23-14-16)25-17-7-10-26(15-17)18-11-19(27-2)13-20(12-18)28-3/h4-5,8,11-14,17H,6-7,9-10,15H2,1-3H3,(H2,22,24,25). The second-order valence-corrected chi connectivity index (χ2v) is 6.76. The summed E-state index contributed by atoms with van der Waals surface area (Å²) in [5.74, 6) is 2.44. The number of guanidine groups is 1. The molecule has 0 radical (unpaired) electrons. The number of aliphatic imine (C=N–C) groups is 1. The van der Waals surface area contributed by atoms with Gasteiger partial charge < -0.3 is 25.0 Å². The predicted molar refractivity (Wildman–Crippen MR) is 113 cm³/mol. The fourth-order valence-corrected chi connectivity index (χ4v) is 3.35.